The Morgan fingerprint density at radius 2 is 1.93 bits per heavy atom. The van der Waals surface area contributed by atoms with Gasteiger partial charge in [0.25, 0.3) is 5.91 Å². The highest BCUT2D eigenvalue weighted by molar-refractivity contribution is 7.80. The van der Waals surface area contributed by atoms with Crippen LogP contribution in [0.5, 0.6) is 0 Å². The molecule has 2 aromatic rings. The van der Waals surface area contributed by atoms with Crippen LogP contribution in [-0.4, -0.2) is 51.1 Å². The van der Waals surface area contributed by atoms with E-state index in [1.165, 1.54) is 9.69 Å². The predicted octanol–water partition coefficient (Wildman–Crippen LogP) is 2.04. The topological polar surface area (TPSA) is 88.8 Å². The van der Waals surface area contributed by atoms with Crippen LogP contribution in [0.2, 0.25) is 0 Å². The third-order valence-electron chi connectivity index (χ3n) is 4.02. The number of carbonyl (C=O) groups is 2. The fourth-order valence-electron chi connectivity index (χ4n) is 2.74. The molecule has 9 heteroatoms. The first-order valence-electron chi connectivity index (χ1n) is 8.35. The van der Waals surface area contributed by atoms with Crippen molar-refractivity contribution in [3.8, 4) is 5.69 Å². The van der Waals surface area contributed by atoms with E-state index < -0.39 is 11.9 Å². The summed E-state index contributed by atoms with van der Waals surface area (Å²) >= 11 is 5.15. The molecule has 0 aliphatic carbocycles. The minimum atomic E-state index is -0.678. The highest BCUT2D eigenvalue weighted by Crippen LogP contribution is 2.23. The molecule has 0 unspecified atom stereocenters. The van der Waals surface area contributed by atoms with E-state index >= 15 is 0 Å². The van der Waals surface area contributed by atoms with Crippen molar-refractivity contribution in [2.75, 3.05) is 13.7 Å². The maximum atomic E-state index is 12.8. The van der Waals surface area contributed by atoms with Gasteiger partial charge < -0.3 is 4.74 Å². The average Bonchev–Trinajstić information content (AvgIpc) is 3.02. The molecule has 0 bridgehead atoms. The number of nitrogens with one attached hydrogen (secondary N) is 1. The number of nitrogens with zero attached hydrogens (tertiary/aromatic N) is 4. The molecule has 0 atom stereocenters. The van der Waals surface area contributed by atoms with E-state index in [4.69, 9.17) is 17.0 Å². The van der Waals surface area contributed by atoms with E-state index in [1.807, 2.05) is 31.2 Å². The van der Waals surface area contributed by atoms with Crippen LogP contribution >= 0.6 is 12.2 Å². The maximum absolute atomic E-state index is 12.8. The van der Waals surface area contributed by atoms with Crippen molar-refractivity contribution in [1.29, 1.82) is 0 Å². The zero-order valence-electron chi connectivity index (χ0n) is 15.4. The van der Waals surface area contributed by atoms with Gasteiger partial charge in [0.05, 0.1) is 18.0 Å². The molecule has 1 aliphatic heterocycles. The summed E-state index contributed by atoms with van der Waals surface area (Å²) < 4.78 is 6.62. The first-order chi connectivity index (χ1) is 12.8. The van der Waals surface area contributed by atoms with E-state index in [9.17, 15) is 9.59 Å². The van der Waals surface area contributed by atoms with Crippen molar-refractivity contribution in [3.05, 3.63) is 46.8 Å². The van der Waals surface area contributed by atoms with Gasteiger partial charge >= 0.3 is 5.97 Å². The Kier molecular flexibility index (Phi) is 5.04. The van der Waals surface area contributed by atoms with E-state index in [0.717, 1.165) is 5.56 Å². The third-order valence-corrected chi connectivity index (χ3v) is 4.38. The van der Waals surface area contributed by atoms with Crippen LogP contribution in [0.1, 0.15) is 46.0 Å². The Bertz CT molecular complexity index is 962. The van der Waals surface area contributed by atoms with Crippen molar-refractivity contribution in [1.82, 2.24) is 20.1 Å². The highest BCUT2D eigenvalue weighted by atomic mass is 32.1. The van der Waals surface area contributed by atoms with Gasteiger partial charge in [0.2, 0.25) is 0 Å². The van der Waals surface area contributed by atoms with Crippen molar-refractivity contribution in [2.45, 2.75) is 20.8 Å². The summed E-state index contributed by atoms with van der Waals surface area (Å²) in [5.41, 5.74) is 2.69. The van der Waals surface area contributed by atoms with E-state index in [-0.39, 0.29) is 23.0 Å². The van der Waals surface area contributed by atoms with Crippen LogP contribution in [0.4, 0.5) is 0 Å². The molecule has 2 heterocycles. The Labute approximate surface area is 161 Å². The number of aryl methyl sites for hydroxylation is 1. The molecule has 0 radical (unpaired) electrons. The second kappa shape index (κ2) is 7.28. The van der Waals surface area contributed by atoms with Crippen molar-refractivity contribution < 1.29 is 14.3 Å². The number of amides is 1. The third kappa shape index (κ3) is 3.45. The van der Waals surface area contributed by atoms with Crippen LogP contribution in [0, 0.1) is 6.92 Å². The number of ether oxygens (including phenoxy) is 1. The fraction of sp³-hybridized carbons (Fsp3) is 0.278. The second-order valence-electron chi connectivity index (χ2n) is 6.01. The van der Waals surface area contributed by atoms with Gasteiger partial charge in [-0.15, -0.1) is 0 Å². The van der Waals surface area contributed by atoms with Crippen molar-refractivity contribution in [2.24, 2.45) is 5.10 Å². The monoisotopic (exact) mass is 385 g/mol. The fourth-order valence-corrected chi connectivity index (χ4v) is 2.87. The van der Waals surface area contributed by atoms with Crippen molar-refractivity contribution in [3.63, 3.8) is 0 Å². The number of hydrogen-bond acceptors (Lipinski definition) is 6. The molecule has 1 amide bonds. The summed E-state index contributed by atoms with van der Waals surface area (Å²) in [6.45, 7) is 5.56. The lowest BCUT2D eigenvalue weighted by Gasteiger charge is -2.20. The molecular weight excluding hydrogens is 366 g/mol. The summed E-state index contributed by atoms with van der Waals surface area (Å²) in [7, 11) is 1.63. The van der Waals surface area contributed by atoms with Gasteiger partial charge in [-0.25, -0.2) is 14.5 Å². The largest absolute Gasteiger partial charge is 0.461 e. The number of hydrogen-bond donors (Lipinski definition) is 1. The minimum absolute atomic E-state index is 0.0770. The molecular formula is C18H19N5O3S. The van der Waals surface area contributed by atoms with Gasteiger partial charge in [0, 0.05) is 7.05 Å². The SMILES string of the molecule is CCOC(=O)c1nn(-c2ccc(C)cc2)c2c1C(=O)NC(=S)N(C)/N=C\2C. The molecule has 0 spiro atoms. The Hall–Kier alpha value is -3.07. The molecule has 1 aliphatic rings. The Morgan fingerprint density at radius 1 is 1.26 bits per heavy atom. The molecule has 140 valence electrons. The Morgan fingerprint density at radius 3 is 2.56 bits per heavy atom. The first-order valence-corrected chi connectivity index (χ1v) is 8.76. The lowest BCUT2D eigenvalue weighted by Crippen LogP contribution is -2.41. The summed E-state index contributed by atoms with van der Waals surface area (Å²) in [6.07, 6.45) is 0. The van der Waals surface area contributed by atoms with Gasteiger partial charge in [-0.2, -0.15) is 10.2 Å². The zero-order chi connectivity index (χ0) is 19.7. The smallest absolute Gasteiger partial charge is 0.359 e. The van der Waals surface area contributed by atoms with Gasteiger partial charge in [-0.1, -0.05) is 17.7 Å². The maximum Gasteiger partial charge on any atom is 0.359 e. The van der Waals surface area contributed by atoms with Gasteiger partial charge in [0.15, 0.2) is 10.8 Å². The molecule has 0 fully saturated rings. The van der Waals surface area contributed by atoms with Crippen LogP contribution in [0.15, 0.2) is 29.4 Å². The molecule has 1 aromatic heterocycles. The summed E-state index contributed by atoms with van der Waals surface area (Å²) in [5, 5.41) is 12.9. The number of aromatic nitrogens is 2. The number of fused-ring (bicyclic) bond motifs is 1. The van der Waals surface area contributed by atoms with Crippen LogP contribution < -0.4 is 5.32 Å². The molecule has 0 saturated carbocycles. The van der Waals surface area contributed by atoms with Gasteiger partial charge in [-0.3, -0.25) is 10.1 Å². The number of benzene rings is 1. The normalized spacial score (nSPS) is 16.0. The minimum Gasteiger partial charge on any atom is -0.461 e. The van der Waals surface area contributed by atoms with Crippen molar-refractivity contribution >= 4 is 34.9 Å². The highest BCUT2D eigenvalue weighted by Gasteiger charge is 2.33. The molecule has 1 aromatic carbocycles. The molecule has 27 heavy (non-hydrogen) atoms. The summed E-state index contributed by atoms with van der Waals surface area (Å²) in [6, 6.07) is 7.56. The molecule has 3 rings (SSSR count). The average molecular weight is 385 g/mol. The van der Waals surface area contributed by atoms with E-state index in [1.54, 1.807) is 20.9 Å². The number of esters is 1. The number of carbonyl (C=O) groups excluding carboxylic acids is 2. The van der Waals surface area contributed by atoms with Crippen LogP contribution in [-0.2, 0) is 4.74 Å². The molecule has 0 saturated heterocycles. The first kappa shape index (κ1) is 18.7. The summed E-state index contributed by atoms with van der Waals surface area (Å²) in [4.78, 5) is 25.3. The van der Waals surface area contributed by atoms with Gasteiger partial charge in [0.1, 0.15) is 11.3 Å². The summed E-state index contributed by atoms with van der Waals surface area (Å²) in [5.74, 6) is -1.21. The standard InChI is InChI=1S/C18H19N5O3S/c1-5-26-17(25)14-13-15(11(3)20-22(4)18(27)19-16(13)24)23(21-14)12-8-6-10(2)7-9-12/h6-9H,5H2,1-4H3,(H,19,24,27)/b20-11-. The zero-order valence-corrected chi connectivity index (χ0v) is 16.3. The molecule has 8 nitrogen and oxygen atoms in total. The van der Waals surface area contributed by atoms with E-state index in [2.05, 4.69) is 15.5 Å². The number of hydrazone groups is 1. The second-order valence-corrected chi connectivity index (χ2v) is 6.40. The van der Waals surface area contributed by atoms with Crippen LogP contribution in [0.3, 0.4) is 0 Å². The quantitative estimate of drug-likeness (QED) is 0.643. The molecule has 1 N–H and O–H groups in total. The lowest BCUT2D eigenvalue weighted by molar-refractivity contribution is 0.0515. The van der Waals surface area contributed by atoms with E-state index in [0.29, 0.717) is 17.1 Å². The number of rotatable bonds is 3. The Balaban J connectivity index is 2.31. The van der Waals surface area contributed by atoms with Gasteiger partial charge in [-0.05, 0) is 45.1 Å². The lowest BCUT2D eigenvalue weighted by atomic mass is 10.1. The predicted molar refractivity (Wildman–Crippen MR) is 104 cm³/mol. The number of thiocarbonyl (C=S) groups is 1. The van der Waals surface area contributed by atoms with Crippen LogP contribution in [0.25, 0.3) is 5.69 Å².